The lowest BCUT2D eigenvalue weighted by Gasteiger charge is -2.31. The second-order valence-corrected chi connectivity index (χ2v) is 7.41. The van der Waals surface area contributed by atoms with E-state index in [1.807, 2.05) is 24.3 Å². The lowest BCUT2D eigenvalue weighted by atomic mass is 10.0. The Labute approximate surface area is 152 Å². The van der Waals surface area contributed by atoms with Crippen LogP contribution in [0.4, 0.5) is 0 Å². The summed E-state index contributed by atoms with van der Waals surface area (Å²) in [5, 5.41) is 3.08. The first-order valence-corrected chi connectivity index (χ1v) is 9.14. The summed E-state index contributed by atoms with van der Waals surface area (Å²) in [6.07, 6.45) is 4.27. The molecule has 0 bridgehead atoms. The van der Waals surface area contributed by atoms with E-state index in [4.69, 9.17) is 4.74 Å². The van der Waals surface area contributed by atoms with E-state index in [0.717, 1.165) is 41.8 Å². The highest BCUT2D eigenvalue weighted by atomic mass is 127. The number of allylic oxidation sites excluding steroid dienone is 1. The molecule has 1 heterocycles. The van der Waals surface area contributed by atoms with Gasteiger partial charge in [-0.05, 0) is 73.5 Å². The number of rotatable bonds is 6. The van der Waals surface area contributed by atoms with Crippen LogP contribution in [0.3, 0.4) is 0 Å². The zero-order chi connectivity index (χ0) is 16.7. The van der Waals surface area contributed by atoms with Gasteiger partial charge in [-0.2, -0.15) is 0 Å². The van der Waals surface area contributed by atoms with Gasteiger partial charge in [0.15, 0.2) is 6.61 Å². The molecule has 1 saturated heterocycles. The number of nitrogens with zero attached hydrogens (tertiary/aromatic N) is 1. The zero-order valence-corrected chi connectivity index (χ0v) is 16.0. The van der Waals surface area contributed by atoms with Crippen molar-refractivity contribution < 1.29 is 9.53 Å². The number of piperidine rings is 1. The molecule has 1 N–H and O–H groups in total. The van der Waals surface area contributed by atoms with Crippen molar-refractivity contribution in [2.24, 2.45) is 0 Å². The molecule has 1 aromatic rings. The number of nitrogens with one attached hydrogen (secondary N) is 1. The molecule has 0 radical (unpaired) electrons. The van der Waals surface area contributed by atoms with Crippen molar-refractivity contribution in [3.05, 3.63) is 39.5 Å². The maximum atomic E-state index is 12.0. The molecule has 1 amide bonds. The molecule has 0 unspecified atom stereocenters. The Balaban J connectivity index is 1.66. The smallest absolute Gasteiger partial charge is 0.258 e. The second-order valence-electron chi connectivity index (χ2n) is 6.17. The summed E-state index contributed by atoms with van der Waals surface area (Å²) in [4.78, 5) is 14.4. The maximum absolute atomic E-state index is 12.0. The molecule has 2 rings (SSSR count). The van der Waals surface area contributed by atoms with Crippen molar-refractivity contribution in [3.8, 4) is 5.75 Å². The largest absolute Gasteiger partial charge is 0.484 e. The molecule has 1 aliphatic heterocycles. The van der Waals surface area contributed by atoms with E-state index < -0.39 is 0 Å². The van der Waals surface area contributed by atoms with Crippen molar-refractivity contribution in [3.63, 3.8) is 0 Å². The summed E-state index contributed by atoms with van der Waals surface area (Å²) >= 11 is 2.24. The Morgan fingerprint density at radius 3 is 2.57 bits per heavy atom. The number of carbonyl (C=O) groups excluding carboxylic acids is 1. The minimum atomic E-state index is -0.0358. The van der Waals surface area contributed by atoms with Crippen molar-refractivity contribution in [1.29, 1.82) is 0 Å². The quantitative estimate of drug-likeness (QED) is 0.559. The third-order valence-electron chi connectivity index (χ3n) is 3.89. The summed E-state index contributed by atoms with van der Waals surface area (Å²) < 4.78 is 6.67. The van der Waals surface area contributed by atoms with E-state index in [2.05, 4.69) is 52.7 Å². The highest BCUT2D eigenvalue weighted by molar-refractivity contribution is 14.1. The first kappa shape index (κ1) is 18.3. The molecular weight excluding hydrogens is 403 g/mol. The van der Waals surface area contributed by atoms with E-state index >= 15 is 0 Å². The molecule has 0 spiro atoms. The van der Waals surface area contributed by atoms with Crippen LogP contribution in [-0.4, -0.2) is 43.1 Å². The van der Waals surface area contributed by atoms with Crippen LogP contribution in [0.5, 0.6) is 5.75 Å². The molecule has 5 heteroatoms. The molecular formula is C18H25IN2O2. The molecule has 0 aliphatic carbocycles. The van der Waals surface area contributed by atoms with E-state index in [-0.39, 0.29) is 18.6 Å². The number of halogens is 1. The molecule has 1 aliphatic rings. The summed E-state index contributed by atoms with van der Waals surface area (Å²) in [6, 6.07) is 7.98. The molecule has 1 fully saturated rings. The van der Waals surface area contributed by atoms with Gasteiger partial charge < -0.3 is 10.1 Å². The molecule has 4 nitrogen and oxygen atoms in total. The third-order valence-corrected chi connectivity index (χ3v) is 4.61. The number of benzene rings is 1. The van der Waals surface area contributed by atoms with Gasteiger partial charge in [-0.25, -0.2) is 0 Å². The van der Waals surface area contributed by atoms with E-state index in [9.17, 15) is 4.79 Å². The molecule has 1 aromatic carbocycles. The van der Waals surface area contributed by atoms with Crippen molar-refractivity contribution >= 4 is 28.5 Å². The van der Waals surface area contributed by atoms with E-state index in [0.29, 0.717) is 0 Å². The Kier molecular flexibility index (Phi) is 7.36. The van der Waals surface area contributed by atoms with Crippen LogP contribution in [-0.2, 0) is 4.79 Å². The predicted molar refractivity (Wildman–Crippen MR) is 102 cm³/mol. The molecule has 0 aromatic heterocycles. The van der Waals surface area contributed by atoms with Gasteiger partial charge in [-0.3, -0.25) is 9.69 Å². The highest BCUT2D eigenvalue weighted by Crippen LogP contribution is 2.14. The fourth-order valence-corrected chi connectivity index (χ4v) is 2.88. The fourth-order valence-electron chi connectivity index (χ4n) is 2.52. The number of amides is 1. The Morgan fingerprint density at radius 1 is 1.30 bits per heavy atom. The van der Waals surface area contributed by atoms with Crippen molar-refractivity contribution in [2.75, 3.05) is 26.2 Å². The molecule has 126 valence electrons. The number of hydrogen-bond acceptors (Lipinski definition) is 3. The summed E-state index contributed by atoms with van der Waals surface area (Å²) in [5.74, 6) is 0.698. The Hall–Kier alpha value is -1.08. The second kappa shape index (κ2) is 9.27. The lowest BCUT2D eigenvalue weighted by Crippen LogP contribution is -2.45. The normalized spacial score (nSPS) is 16.0. The van der Waals surface area contributed by atoms with Crippen LogP contribution in [0.1, 0.15) is 26.7 Å². The van der Waals surface area contributed by atoms with Gasteiger partial charge in [-0.1, -0.05) is 11.6 Å². The number of hydrogen-bond donors (Lipinski definition) is 1. The van der Waals surface area contributed by atoms with Gasteiger partial charge in [0.05, 0.1) is 0 Å². The van der Waals surface area contributed by atoms with E-state index in [1.165, 1.54) is 5.57 Å². The number of likely N-dealkylation sites (tertiary alicyclic amines) is 1. The van der Waals surface area contributed by atoms with Gasteiger partial charge in [0.1, 0.15) is 5.75 Å². The average molecular weight is 428 g/mol. The first-order chi connectivity index (χ1) is 11.0. The standard InChI is InChI=1S/C18H25IN2O2/c1-14(2)7-10-21-11-8-16(9-12-21)20-18(22)13-23-17-5-3-15(19)4-6-17/h3-7,16H,8-13H2,1-2H3,(H,20,22). The van der Waals surface area contributed by atoms with Crippen LogP contribution in [0.25, 0.3) is 0 Å². The van der Waals surface area contributed by atoms with Gasteiger partial charge >= 0.3 is 0 Å². The highest BCUT2D eigenvalue weighted by Gasteiger charge is 2.20. The van der Waals surface area contributed by atoms with Crippen molar-refractivity contribution in [1.82, 2.24) is 10.2 Å². The monoisotopic (exact) mass is 428 g/mol. The Morgan fingerprint density at radius 2 is 1.96 bits per heavy atom. The minimum Gasteiger partial charge on any atom is -0.484 e. The van der Waals surface area contributed by atoms with Crippen LogP contribution in [0.15, 0.2) is 35.9 Å². The number of carbonyl (C=O) groups is 1. The number of ether oxygens (including phenoxy) is 1. The zero-order valence-electron chi connectivity index (χ0n) is 13.8. The van der Waals surface area contributed by atoms with Gasteiger partial charge in [-0.15, -0.1) is 0 Å². The molecule has 23 heavy (non-hydrogen) atoms. The van der Waals surface area contributed by atoms with Crippen molar-refractivity contribution in [2.45, 2.75) is 32.7 Å². The van der Waals surface area contributed by atoms with Gasteiger partial charge in [0.25, 0.3) is 5.91 Å². The summed E-state index contributed by atoms with van der Waals surface area (Å²) in [6.45, 7) is 7.41. The van der Waals surface area contributed by atoms with Gasteiger partial charge in [0.2, 0.25) is 0 Å². The first-order valence-electron chi connectivity index (χ1n) is 8.06. The molecule has 0 atom stereocenters. The average Bonchev–Trinajstić information content (AvgIpc) is 2.53. The lowest BCUT2D eigenvalue weighted by molar-refractivity contribution is -0.124. The topological polar surface area (TPSA) is 41.6 Å². The summed E-state index contributed by atoms with van der Waals surface area (Å²) in [5.41, 5.74) is 1.35. The SMILES string of the molecule is CC(C)=CCN1CCC(NC(=O)COc2ccc(I)cc2)CC1. The minimum absolute atomic E-state index is 0.0358. The third kappa shape index (κ3) is 6.91. The van der Waals surface area contributed by atoms with Crippen LogP contribution < -0.4 is 10.1 Å². The maximum Gasteiger partial charge on any atom is 0.258 e. The fraction of sp³-hybridized carbons (Fsp3) is 0.500. The predicted octanol–water partition coefficient (Wildman–Crippen LogP) is 3.22. The van der Waals surface area contributed by atoms with Gasteiger partial charge in [0, 0.05) is 29.2 Å². The summed E-state index contributed by atoms with van der Waals surface area (Å²) in [7, 11) is 0. The van der Waals surface area contributed by atoms with Crippen LogP contribution in [0.2, 0.25) is 0 Å². The van der Waals surface area contributed by atoms with Crippen LogP contribution >= 0.6 is 22.6 Å². The van der Waals surface area contributed by atoms with E-state index in [1.54, 1.807) is 0 Å². The molecule has 0 saturated carbocycles. The Bertz CT molecular complexity index is 530. The van der Waals surface area contributed by atoms with Crippen LogP contribution in [0, 0.1) is 3.57 Å².